The monoisotopic (exact) mass is 269 g/mol. The van der Waals surface area contributed by atoms with Crippen LogP contribution in [0, 0.1) is 5.92 Å². The maximum absolute atomic E-state index is 11.1. The average Bonchev–Trinajstić information content (AvgIpc) is 2.34. The van der Waals surface area contributed by atoms with E-state index in [9.17, 15) is 8.42 Å². The Balaban J connectivity index is 2.28. The lowest BCUT2D eigenvalue weighted by Gasteiger charge is -2.32. The molecule has 2 atom stereocenters. The van der Waals surface area contributed by atoms with Crippen LogP contribution in [-0.4, -0.2) is 25.3 Å². The van der Waals surface area contributed by atoms with Gasteiger partial charge in [-0.15, -0.1) is 0 Å². The van der Waals surface area contributed by atoms with Gasteiger partial charge in [-0.1, -0.05) is 37.6 Å². The zero-order chi connectivity index (χ0) is 13.2. The van der Waals surface area contributed by atoms with Crippen molar-refractivity contribution in [3.8, 4) is 0 Å². The number of benzene rings is 1. The molecular formula is C13H19NO3S. The molecule has 1 aromatic carbocycles. The molecule has 0 fully saturated rings. The molecule has 5 heteroatoms. The van der Waals surface area contributed by atoms with E-state index in [1.54, 1.807) is 0 Å². The van der Waals surface area contributed by atoms with Gasteiger partial charge in [-0.2, -0.15) is 8.42 Å². The summed E-state index contributed by atoms with van der Waals surface area (Å²) in [5, 5.41) is 3.37. The van der Waals surface area contributed by atoms with Crippen LogP contribution in [0.5, 0.6) is 0 Å². The van der Waals surface area contributed by atoms with E-state index in [1.165, 1.54) is 11.1 Å². The molecule has 0 aliphatic carbocycles. The Morgan fingerprint density at radius 3 is 2.83 bits per heavy atom. The van der Waals surface area contributed by atoms with Gasteiger partial charge in [-0.25, -0.2) is 0 Å². The molecule has 18 heavy (non-hydrogen) atoms. The van der Waals surface area contributed by atoms with Gasteiger partial charge < -0.3 is 5.32 Å². The fourth-order valence-corrected chi connectivity index (χ4v) is 3.65. The van der Waals surface area contributed by atoms with Crippen LogP contribution < -0.4 is 5.32 Å². The quantitative estimate of drug-likeness (QED) is 0.818. The summed E-state index contributed by atoms with van der Waals surface area (Å²) in [7, 11) is -3.93. The van der Waals surface area contributed by atoms with Crippen LogP contribution in [0.15, 0.2) is 24.3 Å². The molecule has 0 aromatic heterocycles. The maximum atomic E-state index is 11.1. The summed E-state index contributed by atoms with van der Waals surface area (Å²) >= 11 is 0. The molecule has 4 nitrogen and oxygen atoms in total. The largest absolute Gasteiger partial charge is 0.309 e. The lowest BCUT2D eigenvalue weighted by molar-refractivity contribution is 0.354. The molecule has 2 N–H and O–H groups in total. The fourth-order valence-electron chi connectivity index (χ4n) is 2.68. The molecule has 0 saturated carbocycles. The van der Waals surface area contributed by atoms with Crippen molar-refractivity contribution in [2.45, 2.75) is 25.8 Å². The second-order valence-corrected chi connectivity index (χ2v) is 6.29. The Labute approximate surface area is 108 Å². The lowest BCUT2D eigenvalue weighted by atomic mass is 9.86. The van der Waals surface area contributed by atoms with Crippen LogP contribution in [0.3, 0.4) is 0 Å². The van der Waals surface area contributed by atoms with Gasteiger partial charge in [0.15, 0.2) is 0 Å². The van der Waals surface area contributed by atoms with Crippen LogP contribution in [0.1, 0.15) is 30.5 Å². The van der Waals surface area contributed by atoms with Gasteiger partial charge in [-0.05, 0) is 30.0 Å². The second-order valence-electron chi connectivity index (χ2n) is 4.80. The van der Waals surface area contributed by atoms with Crippen LogP contribution >= 0.6 is 0 Å². The summed E-state index contributed by atoms with van der Waals surface area (Å²) in [5.74, 6) is -0.281. The number of hydrogen-bond acceptors (Lipinski definition) is 3. The molecule has 0 saturated heterocycles. The Hall–Kier alpha value is -0.910. The number of hydrogen-bond donors (Lipinski definition) is 2. The van der Waals surface area contributed by atoms with Gasteiger partial charge in [0, 0.05) is 6.04 Å². The van der Waals surface area contributed by atoms with Crippen molar-refractivity contribution in [2.75, 3.05) is 12.3 Å². The van der Waals surface area contributed by atoms with E-state index < -0.39 is 10.1 Å². The van der Waals surface area contributed by atoms with Gasteiger partial charge >= 0.3 is 0 Å². The van der Waals surface area contributed by atoms with Gasteiger partial charge in [-0.3, -0.25) is 4.55 Å². The zero-order valence-electron chi connectivity index (χ0n) is 10.5. The van der Waals surface area contributed by atoms with E-state index in [0.29, 0.717) is 6.42 Å². The van der Waals surface area contributed by atoms with Crippen molar-refractivity contribution in [3.63, 3.8) is 0 Å². The third kappa shape index (κ3) is 3.10. The topological polar surface area (TPSA) is 66.4 Å². The molecule has 1 aromatic rings. The highest BCUT2D eigenvalue weighted by Crippen LogP contribution is 2.31. The summed E-state index contributed by atoms with van der Waals surface area (Å²) in [6.07, 6.45) is 1.68. The molecule has 0 radical (unpaired) electrons. The van der Waals surface area contributed by atoms with Gasteiger partial charge in [0.2, 0.25) is 0 Å². The van der Waals surface area contributed by atoms with Crippen molar-refractivity contribution >= 4 is 10.1 Å². The predicted octanol–water partition coefficient (Wildman–Crippen LogP) is 1.79. The van der Waals surface area contributed by atoms with E-state index in [1.807, 2.05) is 25.1 Å². The molecular weight excluding hydrogens is 250 g/mol. The standard InChI is InChI=1S/C13H19NO3S/c1-2-10(9-18(15,16)17)13-12-6-4-3-5-11(12)7-8-14-13/h3-6,10,13-14H,2,7-9H2,1H3,(H,15,16,17). The first-order valence-corrected chi connectivity index (χ1v) is 7.88. The number of fused-ring (bicyclic) bond motifs is 1. The fraction of sp³-hybridized carbons (Fsp3) is 0.538. The highest BCUT2D eigenvalue weighted by molar-refractivity contribution is 7.85. The molecule has 0 amide bonds. The van der Waals surface area contributed by atoms with Crippen LogP contribution in [0.25, 0.3) is 0 Å². The molecule has 2 rings (SSSR count). The van der Waals surface area contributed by atoms with Crippen molar-refractivity contribution in [3.05, 3.63) is 35.4 Å². The first-order valence-electron chi connectivity index (χ1n) is 6.27. The highest BCUT2D eigenvalue weighted by Gasteiger charge is 2.29. The molecule has 1 heterocycles. The normalized spacial score (nSPS) is 21.3. The summed E-state index contributed by atoms with van der Waals surface area (Å²) in [6, 6.07) is 8.12. The summed E-state index contributed by atoms with van der Waals surface area (Å²) in [5.41, 5.74) is 2.44. The maximum Gasteiger partial charge on any atom is 0.265 e. The van der Waals surface area contributed by atoms with E-state index in [4.69, 9.17) is 4.55 Å². The van der Waals surface area contributed by atoms with Gasteiger partial charge in [0.1, 0.15) is 0 Å². The molecule has 2 unspecified atom stereocenters. The van der Waals surface area contributed by atoms with Crippen LogP contribution in [-0.2, 0) is 16.5 Å². The molecule has 0 bridgehead atoms. The Morgan fingerprint density at radius 1 is 1.44 bits per heavy atom. The van der Waals surface area contributed by atoms with E-state index >= 15 is 0 Å². The first-order chi connectivity index (χ1) is 8.51. The second kappa shape index (κ2) is 5.38. The Bertz CT molecular complexity index is 513. The number of nitrogens with one attached hydrogen (secondary N) is 1. The minimum absolute atomic E-state index is 0.0156. The van der Waals surface area contributed by atoms with Gasteiger partial charge in [0.05, 0.1) is 5.75 Å². The Kier molecular flexibility index (Phi) is 4.04. The van der Waals surface area contributed by atoms with Crippen molar-refractivity contribution < 1.29 is 13.0 Å². The summed E-state index contributed by atoms with van der Waals surface area (Å²) in [6.45, 7) is 2.80. The highest BCUT2D eigenvalue weighted by atomic mass is 32.2. The predicted molar refractivity (Wildman–Crippen MR) is 71.1 cm³/mol. The smallest absolute Gasteiger partial charge is 0.265 e. The summed E-state index contributed by atoms with van der Waals surface area (Å²) < 4.78 is 31.2. The number of rotatable bonds is 4. The average molecular weight is 269 g/mol. The molecule has 1 aliphatic heterocycles. The van der Waals surface area contributed by atoms with E-state index in [-0.39, 0.29) is 17.7 Å². The van der Waals surface area contributed by atoms with Gasteiger partial charge in [0.25, 0.3) is 10.1 Å². The minimum Gasteiger partial charge on any atom is -0.309 e. The van der Waals surface area contributed by atoms with Crippen LogP contribution in [0.4, 0.5) is 0 Å². The molecule has 1 aliphatic rings. The first kappa shape index (κ1) is 13.5. The van der Waals surface area contributed by atoms with E-state index in [2.05, 4.69) is 11.4 Å². The van der Waals surface area contributed by atoms with Crippen molar-refractivity contribution in [1.29, 1.82) is 0 Å². The third-order valence-electron chi connectivity index (χ3n) is 3.57. The van der Waals surface area contributed by atoms with Crippen LogP contribution in [0.2, 0.25) is 0 Å². The zero-order valence-corrected chi connectivity index (χ0v) is 11.3. The lowest BCUT2D eigenvalue weighted by Crippen LogP contribution is -2.37. The van der Waals surface area contributed by atoms with Crippen molar-refractivity contribution in [1.82, 2.24) is 5.32 Å². The van der Waals surface area contributed by atoms with Crippen molar-refractivity contribution in [2.24, 2.45) is 5.92 Å². The third-order valence-corrected chi connectivity index (χ3v) is 4.42. The molecule has 100 valence electrons. The SMILES string of the molecule is CCC(CS(=O)(=O)O)C1NCCc2ccccc21. The summed E-state index contributed by atoms with van der Waals surface area (Å²) in [4.78, 5) is 0. The Morgan fingerprint density at radius 2 is 2.17 bits per heavy atom. The van der Waals surface area contributed by atoms with E-state index in [0.717, 1.165) is 13.0 Å². The molecule has 0 spiro atoms. The minimum atomic E-state index is -3.93.